The van der Waals surface area contributed by atoms with Gasteiger partial charge in [-0.05, 0) is 36.4 Å². The van der Waals surface area contributed by atoms with Crippen molar-refractivity contribution in [3.63, 3.8) is 0 Å². The van der Waals surface area contributed by atoms with E-state index >= 15 is 0 Å². The third-order valence-corrected chi connectivity index (χ3v) is 5.44. The Bertz CT molecular complexity index is 1130. The number of ether oxygens (including phenoxy) is 2. The monoisotopic (exact) mass is 457 g/mol. The lowest BCUT2D eigenvalue weighted by atomic mass is 10.1. The van der Waals surface area contributed by atoms with Crippen LogP contribution in [0.5, 0.6) is 5.75 Å². The van der Waals surface area contributed by atoms with Crippen LogP contribution in [0.2, 0.25) is 0 Å². The molecule has 4 rings (SSSR count). The van der Waals surface area contributed by atoms with Gasteiger partial charge in [-0.1, -0.05) is 0 Å². The predicted octanol–water partition coefficient (Wildman–Crippen LogP) is 3.72. The largest absolute Gasteiger partial charge is 0.492 e. The number of aromatic nitrogens is 2. The molecule has 174 valence electrons. The van der Waals surface area contributed by atoms with Gasteiger partial charge in [-0.15, -0.1) is 0 Å². The molecule has 2 heterocycles. The minimum Gasteiger partial charge on any atom is -0.492 e. The quantitative estimate of drug-likeness (QED) is 0.539. The van der Waals surface area contributed by atoms with Crippen LogP contribution in [0.15, 0.2) is 48.7 Å². The number of hydrogen-bond acceptors (Lipinski definition) is 5. The molecular weight excluding hydrogens is 432 g/mol. The molecule has 33 heavy (non-hydrogen) atoms. The minimum atomic E-state index is -0.858. The van der Waals surface area contributed by atoms with E-state index in [0.717, 1.165) is 43.0 Å². The van der Waals surface area contributed by atoms with E-state index in [-0.39, 0.29) is 11.8 Å². The molecule has 0 atom stereocenters. The number of carbonyl (C=O) groups is 1. The fourth-order valence-electron chi connectivity index (χ4n) is 3.59. The SMILES string of the molecule is COC1CN(CCOc2ccc(NC(=O)Nc3ccc(F)cc3F)cc2-c2ccnn2C)C1. The second-order valence-corrected chi connectivity index (χ2v) is 7.72. The molecular formula is C23H25F2N5O3. The zero-order valence-electron chi connectivity index (χ0n) is 18.3. The molecule has 0 aliphatic carbocycles. The first-order chi connectivity index (χ1) is 15.9. The summed E-state index contributed by atoms with van der Waals surface area (Å²) in [4.78, 5) is 14.6. The maximum Gasteiger partial charge on any atom is 0.323 e. The van der Waals surface area contributed by atoms with Crippen molar-refractivity contribution in [1.82, 2.24) is 14.7 Å². The van der Waals surface area contributed by atoms with E-state index in [9.17, 15) is 13.6 Å². The molecule has 1 aliphatic heterocycles. The van der Waals surface area contributed by atoms with Gasteiger partial charge in [0.05, 0.1) is 17.5 Å². The number of rotatable bonds is 8. The van der Waals surface area contributed by atoms with Crippen LogP contribution >= 0.6 is 0 Å². The van der Waals surface area contributed by atoms with E-state index in [4.69, 9.17) is 9.47 Å². The molecule has 0 bridgehead atoms. The molecule has 1 aromatic heterocycles. The Morgan fingerprint density at radius 3 is 2.67 bits per heavy atom. The van der Waals surface area contributed by atoms with Crippen molar-refractivity contribution in [2.24, 2.45) is 7.05 Å². The molecule has 2 amide bonds. The lowest BCUT2D eigenvalue weighted by molar-refractivity contribution is -0.0333. The summed E-state index contributed by atoms with van der Waals surface area (Å²) >= 11 is 0. The van der Waals surface area contributed by atoms with Gasteiger partial charge in [0.15, 0.2) is 0 Å². The summed E-state index contributed by atoms with van der Waals surface area (Å²) in [6.07, 6.45) is 1.96. The van der Waals surface area contributed by atoms with Gasteiger partial charge < -0.3 is 20.1 Å². The highest BCUT2D eigenvalue weighted by Gasteiger charge is 2.25. The maximum absolute atomic E-state index is 13.8. The Morgan fingerprint density at radius 2 is 1.97 bits per heavy atom. The van der Waals surface area contributed by atoms with Crippen LogP contribution < -0.4 is 15.4 Å². The first-order valence-electron chi connectivity index (χ1n) is 10.5. The number of benzene rings is 2. The van der Waals surface area contributed by atoms with Crippen LogP contribution in [-0.2, 0) is 11.8 Å². The van der Waals surface area contributed by atoms with Gasteiger partial charge in [0.2, 0.25) is 0 Å². The topological polar surface area (TPSA) is 80.7 Å². The number of urea groups is 1. The fraction of sp³-hybridized carbons (Fsp3) is 0.304. The average Bonchev–Trinajstić information content (AvgIpc) is 3.18. The van der Waals surface area contributed by atoms with Crippen molar-refractivity contribution in [2.75, 3.05) is 44.0 Å². The summed E-state index contributed by atoms with van der Waals surface area (Å²) in [5, 5.41) is 9.26. The first kappa shape index (κ1) is 22.7. The number of methoxy groups -OCH3 is 1. The predicted molar refractivity (Wildman–Crippen MR) is 120 cm³/mol. The third-order valence-electron chi connectivity index (χ3n) is 5.44. The average molecular weight is 457 g/mol. The number of likely N-dealkylation sites (tertiary alicyclic amines) is 1. The van der Waals surface area contributed by atoms with Crippen LogP contribution in [0.25, 0.3) is 11.3 Å². The molecule has 2 N–H and O–H groups in total. The lowest BCUT2D eigenvalue weighted by Crippen LogP contribution is -2.52. The van der Waals surface area contributed by atoms with Gasteiger partial charge in [-0.25, -0.2) is 13.6 Å². The van der Waals surface area contributed by atoms with Crippen LogP contribution in [0.1, 0.15) is 0 Å². The molecule has 1 aliphatic rings. The summed E-state index contributed by atoms with van der Waals surface area (Å²) in [7, 11) is 3.53. The summed E-state index contributed by atoms with van der Waals surface area (Å²) in [5.74, 6) is -0.927. The Labute approximate surface area is 190 Å². The third kappa shape index (κ3) is 5.47. The van der Waals surface area contributed by atoms with Crippen LogP contribution in [-0.4, -0.2) is 60.2 Å². The van der Waals surface area contributed by atoms with Gasteiger partial charge in [0.25, 0.3) is 0 Å². The Kier molecular flexibility index (Phi) is 6.85. The molecule has 0 radical (unpaired) electrons. The normalized spacial score (nSPS) is 14.1. The van der Waals surface area contributed by atoms with Crippen molar-refractivity contribution in [2.45, 2.75) is 6.10 Å². The van der Waals surface area contributed by atoms with E-state index in [0.29, 0.717) is 24.1 Å². The Balaban J connectivity index is 1.45. The van der Waals surface area contributed by atoms with E-state index in [1.54, 1.807) is 36.2 Å². The number of hydrogen-bond donors (Lipinski definition) is 2. The van der Waals surface area contributed by atoms with E-state index in [1.807, 2.05) is 13.1 Å². The highest BCUT2D eigenvalue weighted by Crippen LogP contribution is 2.32. The molecule has 0 spiro atoms. The molecule has 2 aromatic carbocycles. The summed E-state index contributed by atoms with van der Waals surface area (Å²) in [6.45, 7) is 3.05. The number of amides is 2. The Hall–Kier alpha value is -3.50. The van der Waals surface area contributed by atoms with Crippen LogP contribution in [0.3, 0.4) is 0 Å². The number of nitrogens with zero attached hydrogens (tertiary/aromatic N) is 3. The molecule has 8 nitrogen and oxygen atoms in total. The second-order valence-electron chi connectivity index (χ2n) is 7.72. The van der Waals surface area contributed by atoms with E-state index in [1.165, 1.54) is 0 Å². The zero-order chi connectivity index (χ0) is 23.4. The second kappa shape index (κ2) is 9.97. The molecule has 1 saturated heterocycles. The van der Waals surface area contributed by atoms with Crippen molar-refractivity contribution < 1.29 is 23.0 Å². The zero-order valence-corrected chi connectivity index (χ0v) is 18.3. The number of anilines is 2. The van der Waals surface area contributed by atoms with Gasteiger partial charge in [-0.3, -0.25) is 9.58 Å². The molecule has 0 saturated carbocycles. The van der Waals surface area contributed by atoms with Crippen molar-refractivity contribution in [3.05, 3.63) is 60.3 Å². The summed E-state index contributed by atoms with van der Waals surface area (Å²) in [5.41, 5.74) is 1.91. The number of aryl methyl sites for hydroxylation is 1. The van der Waals surface area contributed by atoms with Crippen LogP contribution in [0, 0.1) is 11.6 Å². The Morgan fingerprint density at radius 1 is 1.15 bits per heavy atom. The van der Waals surface area contributed by atoms with Gasteiger partial charge in [-0.2, -0.15) is 5.10 Å². The molecule has 0 unspecified atom stereocenters. The van der Waals surface area contributed by atoms with Crippen molar-refractivity contribution in [1.29, 1.82) is 0 Å². The maximum atomic E-state index is 13.8. The number of nitrogens with one attached hydrogen (secondary N) is 2. The summed E-state index contributed by atoms with van der Waals surface area (Å²) < 4.78 is 39.9. The van der Waals surface area contributed by atoms with Gasteiger partial charge in [0, 0.05) is 57.3 Å². The molecule has 10 heteroatoms. The van der Waals surface area contributed by atoms with Crippen molar-refractivity contribution >= 4 is 17.4 Å². The van der Waals surface area contributed by atoms with Gasteiger partial charge >= 0.3 is 6.03 Å². The van der Waals surface area contributed by atoms with Crippen LogP contribution in [0.4, 0.5) is 25.0 Å². The van der Waals surface area contributed by atoms with E-state index in [2.05, 4.69) is 20.6 Å². The van der Waals surface area contributed by atoms with E-state index < -0.39 is 17.7 Å². The lowest BCUT2D eigenvalue weighted by Gasteiger charge is -2.37. The first-order valence-corrected chi connectivity index (χ1v) is 10.5. The van der Waals surface area contributed by atoms with Gasteiger partial charge in [0.1, 0.15) is 24.0 Å². The standard InChI is InChI=1S/C23H25F2N5O3/c1-29-21(7-8-26-29)18-12-16(27-23(31)28-20-5-3-15(24)11-19(20)25)4-6-22(18)33-10-9-30-13-17(14-30)32-2/h3-8,11-12,17H,9-10,13-14H2,1-2H3,(H2,27,28,31). The fourth-order valence-corrected chi connectivity index (χ4v) is 3.59. The molecule has 3 aromatic rings. The minimum absolute atomic E-state index is 0.123. The number of halogens is 2. The summed E-state index contributed by atoms with van der Waals surface area (Å²) in [6, 6.07) is 9.35. The highest BCUT2D eigenvalue weighted by molar-refractivity contribution is 6.00. The van der Waals surface area contributed by atoms with Crippen molar-refractivity contribution in [3.8, 4) is 17.0 Å². The smallest absolute Gasteiger partial charge is 0.323 e. The highest BCUT2D eigenvalue weighted by atomic mass is 19.1. The molecule has 1 fully saturated rings. The number of carbonyl (C=O) groups excluding carboxylic acids is 1.